The molecule has 0 spiro atoms. The number of carbonyl (C=O) groups excluding carboxylic acids is 1. The molecule has 140 valence electrons. The van der Waals surface area contributed by atoms with Gasteiger partial charge in [-0.25, -0.2) is 4.79 Å². The van der Waals surface area contributed by atoms with E-state index in [1.807, 2.05) is 49.4 Å². The zero-order chi connectivity index (χ0) is 19.6. The van der Waals surface area contributed by atoms with Crippen LogP contribution in [0.4, 0.5) is 5.69 Å². The zero-order valence-corrected chi connectivity index (χ0v) is 16.7. The van der Waals surface area contributed by atoms with Crippen LogP contribution in [-0.2, 0) is 9.53 Å². The van der Waals surface area contributed by atoms with Crippen LogP contribution < -0.4 is 15.0 Å². The quantitative estimate of drug-likeness (QED) is 0.610. The summed E-state index contributed by atoms with van der Waals surface area (Å²) >= 11 is 12.0. The number of rotatable bonds is 4. The molecule has 1 N–H and O–H groups in total. The molecule has 1 heterocycles. The minimum atomic E-state index is -0.510. The third-order valence-electron chi connectivity index (χ3n) is 4.43. The first kappa shape index (κ1) is 19.2. The fourth-order valence-corrected chi connectivity index (χ4v) is 3.76. The number of benzene rings is 2. The number of para-hydroxylation sites is 2. The maximum atomic E-state index is 12.6. The van der Waals surface area contributed by atoms with Gasteiger partial charge in [0.1, 0.15) is 5.75 Å². The van der Waals surface area contributed by atoms with Gasteiger partial charge in [0.15, 0.2) is 5.11 Å². The van der Waals surface area contributed by atoms with Gasteiger partial charge in [-0.1, -0.05) is 41.9 Å². The summed E-state index contributed by atoms with van der Waals surface area (Å²) in [7, 11) is 2.94. The summed E-state index contributed by atoms with van der Waals surface area (Å²) in [5.74, 6) is 0.189. The number of nitrogens with zero attached hydrogens (tertiary/aromatic N) is 1. The number of halogens is 1. The third-order valence-corrected chi connectivity index (χ3v) is 5.08. The highest BCUT2D eigenvalue weighted by atomic mass is 35.5. The largest absolute Gasteiger partial charge is 0.495 e. The van der Waals surface area contributed by atoms with Gasteiger partial charge in [-0.2, -0.15) is 0 Å². The van der Waals surface area contributed by atoms with Crippen LogP contribution in [0.15, 0.2) is 59.8 Å². The van der Waals surface area contributed by atoms with Crippen LogP contribution in [0.25, 0.3) is 0 Å². The van der Waals surface area contributed by atoms with E-state index in [0.29, 0.717) is 27.2 Å². The molecule has 2 aromatic carbocycles. The number of anilines is 1. The van der Waals surface area contributed by atoms with Gasteiger partial charge < -0.3 is 14.8 Å². The Bertz CT molecular complexity index is 929. The molecule has 0 amide bonds. The van der Waals surface area contributed by atoms with Crippen molar-refractivity contribution in [2.75, 3.05) is 19.1 Å². The summed E-state index contributed by atoms with van der Waals surface area (Å²) in [6.45, 7) is 1.83. The van der Waals surface area contributed by atoms with E-state index in [1.54, 1.807) is 18.1 Å². The minimum Gasteiger partial charge on any atom is -0.495 e. The summed E-state index contributed by atoms with van der Waals surface area (Å²) < 4.78 is 10.5. The van der Waals surface area contributed by atoms with Crippen LogP contribution in [0.2, 0.25) is 5.02 Å². The second kappa shape index (κ2) is 7.98. The number of carbonyl (C=O) groups is 1. The van der Waals surface area contributed by atoms with Gasteiger partial charge in [0.05, 0.1) is 31.5 Å². The molecule has 7 heteroatoms. The molecule has 1 unspecified atom stereocenters. The number of methoxy groups -OCH3 is 2. The van der Waals surface area contributed by atoms with Crippen LogP contribution in [-0.4, -0.2) is 25.3 Å². The van der Waals surface area contributed by atoms with Gasteiger partial charge in [0.25, 0.3) is 0 Å². The van der Waals surface area contributed by atoms with E-state index in [2.05, 4.69) is 5.32 Å². The second-order valence-corrected chi connectivity index (χ2v) is 6.70. The second-order valence-electron chi connectivity index (χ2n) is 5.90. The molecular weight excluding hydrogens is 384 g/mol. The van der Waals surface area contributed by atoms with Crippen molar-refractivity contribution in [1.82, 2.24) is 5.32 Å². The van der Waals surface area contributed by atoms with Crippen molar-refractivity contribution in [3.8, 4) is 5.75 Å². The van der Waals surface area contributed by atoms with E-state index in [4.69, 9.17) is 33.3 Å². The highest BCUT2D eigenvalue weighted by Gasteiger charge is 2.36. The third kappa shape index (κ3) is 3.50. The van der Waals surface area contributed by atoms with Crippen LogP contribution >= 0.6 is 23.8 Å². The molecule has 27 heavy (non-hydrogen) atoms. The van der Waals surface area contributed by atoms with Crippen molar-refractivity contribution in [2.45, 2.75) is 13.0 Å². The van der Waals surface area contributed by atoms with E-state index in [-0.39, 0.29) is 0 Å². The zero-order valence-electron chi connectivity index (χ0n) is 15.2. The molecule has 0 fully saturated rings. The van der Waals surface area contributed by atoms with Gasteiger partial charge in [-0.05, 0) is 42.9 Å². The number of thiocarbonyl (C=S) groups is 1. The fourth-order valence-electron chi connectivity index (χ4n) is 3.16. The van der Waals surface area contributed by atoms with Crippen LogP contribution in [0.3, 0.4) is 0 Å². The van der Waals surface area contributed by atoms with Crippen molar-refractivity contribution < 1.29 is 14.3 Å². The summed E-state index contributed by atoms with van der Waals surface area (Å²) in [5, 5.41) is 4.21. The van der Waals surface area contributed by atoms with E-state index in [0.717, 1.165) is 11.3 Å². The SMILES string of the molecule is COC(=O)C1=C(C)N(c2ccccc2OC)C(=S)NC1c1ccccc1Cl. The van der Waals surface area contributed by atoms with E-state index >= 15 is 0 Å². The molecule has 1 atom stereocenters. The Labute approximate surface area is 168 Å². The lowest BCUT2D eigenvalue weighted by Crippen LogP contribution is -2.48. The topological polar surface area (TPSA) is 50.8 Å². The van der Waals surface area contributed by atoms with Crippen molar-refractivity contribution in [3.05, 3.63) is 70.4 Å². The maximum absolute atomic E-state index is 12.6. The standard InChI is InChI=1S/C20H19ClN2O3S/c1-12-17(19(24)26-3)18(13-8-4-5-9-14(13)21)22-20(27)23(12)15-10-6-7-11-16(15)25-2/h4-11,18H,1-3H3,(H,22,27). The Morgan fingerprint density at radius 2 is 1.81 bits per heavy atom. The number of allylic oxidation sites excluding steroid dienone is 1. The maximum Gasteiger partial charge on any atom is 0.337 e. The van der Waals surface area contributed by atoms with Crippen LogP contribution in [0.1, 0.15) is 18.5 Å². The average molecular weight is 403 g/mol. The lowest BCUT2D eigenvalue weighted by molar-refractivity contribution is -0.136. The van der Waals surface area contributed by atoms with Crippen molar-refractivity contribution in [1.29, 1.82) is 0 Å². The Hall–Kier alpha value is -2.57. The van der Waals surface area contributed by atoms with Crippen LogP contribution in [0, 0.1) is 0 Å². The molecule has 3 rings (SSSR count). The predicted octanol–water partition coefficient (Wildman–Crippen LogP) is 4.23. The number of hydrogen-bond donors (Lipinski definition) is 1. The molecule has 1 aliphatic heterocycles. The average Bonchev–Trinajstić information content (AvgIpc) is 2.68. The number of hydrogen-bond acceptors (Lipinski definition) is 4. The Balaban J connectivity index is 2.20. The van der Waals surface area contributed by atoms with Crippen molar-refractivity contribution in [3.63, 3.8) is 0 Å². The van der Waals surface area contributed by atoms with E-state index in [1.165, 1.54) is 7.11 Å². The highest BCUT2D eigenvalue weighted by Crippen LogP contribution is 2.39. The summed E-state index contributed by atoms with van der Waals surface area (Å²) in [6, 6.07) is 14.3. The number of nitrogens with one attached hydrogen (secondary N) is 1. The lowest BCUT2D eigenvalue weighted by atomic mass is 9.94. The Morgan fingerprint density at radius 3 is 2.48 bits per heavy atom. The molecule has 0 saturated carbocycles. The molecule has 0 aromatic heterocycles. The molecule has 0 saturated heterocycles. The van der Waals surface area contributed by atoms with Crippen molar-refractivity contribution >= 4 is 40.6 Å². The van der Waals surface area contributed by atoms with Gasteiger partial charge in [0.2, 0.25) is 0 Å². The van der Waals surface area contributed by atoms with Crippen LogP contribution in [0.5, 0.6) is 5.75 Å². The molecule has 2 aromatic rings. The number of ether oxygens (including phenoxy) is 2. The monoisotopic (exact) mass is 402 g/mol. The van der Waals surface area contributed by atoms with E-state index in [9.17, 15) is 4.79 Å². The first-order chi connectivity index (χ1) is 13.0. The summed E-state index contributed by atoms with van der Waals surface area (Å²) in [5.41, 5.74) is 2.57. The van der Waals surface area contributed by atoms with E-state index < -0.39 is 12.0 Å². The molecular formula is C20H19ClN2O3S. The van der Waals surface area contributed by atoms with Crippen molar-refractivity contribution in [2.24, 2.45) is 0 Å². The first-order valence-corrected chi connectivity index (χ1v) is 9.05. The number of esters is 1. The first-order valence-electron chi connectivity index (χ1n) is 8.26. The normalized spacial score (nSPS) is 16.8. The molecule has 5 nitrogen and oxygen atoms in total. The highest BCUT2D eigenvalue weighted by molar-refractivity contribution is 7.80. The van der Waals surface area contributed by atoms with Gasteiger partial charge in [-0.3, -0.25) is 4.90 Å². The predicted molar refractivity (Wildman–Crippen MR) is 110 cm³/mol. The Morgan fingerprint density at radius 1 is 1.15 bits per heavy atom. The van der Waals surface area contributed by atoms with Gasteiger partial charge in [-0.15, -0.1) is 0 Å². The smallest absolute Gasteiger partial charge is 0.337 e. The molecule has 0 aliphatic carbocycles. The fraction of sp³-hybridized carbons (Fsp3) is 0.200. The lowest BCUT2D eigenvalue weighted by Gasteiger charge is -2.38. The molecule has 0 bridgehead atoms. The summed E-state index contributed by atoms with van der Waals surface area (Å²) in [4.78, 5) is 14.4. The molecule has 1 aliphatic rings. The summed E-state index contributed by atoms with van der Waals surface area (Å²) in [6.07, 6.45) is 0. The van der Waals surface area contributed by atoms with Gasteiger partial charge >= 0.3 is 5.97 Å². The molecule has 0 radical (unpaired) electrons. The minimum absolute atomic E-state index is 0.435. The van der Waals surface area contributed by atoms with Gasteiger partial charge in [0, 0.05) is 10.7 Å². The Kier molecular flexibility index (Phi) is 5.68.